The monoisotopic (exact) mass is 418 g/mol. The van der Waals surface area contributed by atoms with Crippen molar-refractivity contribution in [3.05, 3.63) is 48.2 Å². The zero-order valence-corrected chi connectivity index (χ0v) is 15.0. The van der Waals surface area contributed by atoms with Crippen LogP contribution in [0.5, 0.6) is 17.4 Å². The number of nitrogen functional groups attached to an aromatic ring is 1. The second-order valence-corrected chi connectivity index (χ2v) is 6.12. The normalized spacial score (nSPS) is 11.6. The van der Waals surface area contributed by atoms with Crippen LogP contribution in [-0.4, -0.2) is 36.8 Å². The molecule has 4 aromatic rings. The van der Waals surface area contributed by atoms with Crippen LogP contribution in [0.15, 0.2) is 42.6 Å². The molecule has 0 spiro atoms. The smallest absolute Gasteiger partial charge is 0.493 e. The van der Waals surface area contributed by atoms with Gasteiger partial charge in [0.25, 0.3) is 0 Å². The number of alkyl halides is 3. The highest BCUT2D eigenvalue weighted by Crippen LogP contribution is 2.33. The second kappa shape index (κ2) is 7.39. The van der Waals surface area contributed by atoms with E-state index in [1.807, 2.05) is 0 Å². The number of ether oxygens (including phenoxy) is 2. The van der Waals surface area contributed by atoms with Crippen LogP contribution in [0.4, 0.5) is 19.0 Å². The molecule has 4 N–H and O–H groups in total. The number of nitrogens with zero attached hydrogens (tertiary/aromatic N) is 4. The lowest BCUT2D eigenvalue weighted by Crippen LogP contribution is -2.18. The number of hydrogen-bond acceptors (Lipinski definition) is 8. The summed E-state index contributed by atoms with van der Waals surface area (Å²) < 4.78 is 48.6. The van der Waals surface area contributed by atoms with E-state index in [1.54, 1.807) is 12.1 Å². The lowest BCUT2D eigenvalue weighted by Gasteiger charge is -2.15. The number of pyridine rings is 2. The van der Waals surface area contributed by atoms with Crippen molar-refractivity contribution in [3.63, 3.8) is 0 Å². The van der Waals surface area contributed by atoms with Crippen molar-refractivity contribution in [1.82, 2.24) is 25.4 Å². The van der Waals surface area contributed by atoms with Crippen LogP contribution >= 0.6 is 0 Å². The molecular formula is C18H13F3N6O3. The van der Waals surface area contributed by atoms with E-state index in [0.29, 0.717) is 11.1 Å². The maximum absolute atomic E-state index is 12.9. The molecule has 4 rings (SSSR count). The first-order valence-corrected chi connectivity index (χ1v) is 8.42. The van der Waals surface area contributed by atoms with Crippen LogP contribution in [0.2, 0.25) is 0 Å². The number of nitrogens with one attached hydrogen (secondary N) is 1. The molecule has 0 saturated heterocycles. The number of benzene rings is 1. The zero-order valence-electron chi connectivity index (χ0n) is 15.0. The SMILES string of the molecule is Nc1cc(OCc2ccc(-c3ccnc(O)c3)cc2OC(F)(F)F)c2nn[nH]c2n1. The van der Waals surface area contributed by atoms with Gasteiger partial charge in [0.15, 0.2) is 16.9 Å². The molecule has 0 unspecified atom stereocenters. The molecular weight excluding hydrogens is 405 g/mol. The number of halogens is 3. The third-order valence-electron chi connectivity index (χ3n) is 4.04. The molecule has 0 aliphatic heterocycles. The Kier molecular flexibility index (Phi) is 4.74. The third kappa shape index (κ3) is 4.16. The van der Waals surface area contributed by atoms with Gasteiger partial charge in [0.2, 0.25) is 5.88 Å². The van der Waals surface area contributed by atoms with Crippen molar-refractivity contribution in [3.8, 4) is 28.5 Å². The van der Waals surface area contributed by atoms with Gasteiger partial charge in [-0.05, 0) is 23.3 Å². The summed E-state index contributed by atoms with van der Waals surface area (Å²) >= 11 is 0. The molecule has 9 nitrogen and oxygen atoms in total. The quantitative estimate of drug-likeness (QED) is 0.450. The zero-order chi connectivity index (χ0) is 21.3. The summed E-state index contributed by atoms with van der Waals surface area (Å²) in [7, 11) is 0. The first-order valence-electron chi connectivity index (χ1n) is 8.42. The fraction of sp³-hybridized carbons (Fsp3) is 0.111. The lowest BCUT2D eigenvalue weighted by molar-refractivity contribution is -0.275. The number of hydrogen-bond donors (Lipinski definition) is 3. The Balaban J connectivity index is 1.67. The molecule has 12 heteroatoms. The molecule has 0 saturated carbocycles. The minimum Gasteiger partial charge on any atom is -0.493 e. The van der Waals surface area contributed by atoms with Crippen molar-refractivity contribution in [2.75, 3.05) is 5.73 Å². The summed E-state index contributed by atoms with van der Waals surface area (Å²) in [4.78, 5) is 7.64. The number of fused-ring (bicyclic) bond motifs is 1. The van der Waals surface area contributed by atoms with Crippen molar-refractivity contribution in [2.45, 2.75) is 13.0 Å². The van der Waals surface area contributed by atoms with Gasteiger partial charge in [0, 0.05) is 23.9 Å². The fourth-order valence-corrected chi connectivity index (χ4v) is 2.77. The Morgan fingerprint density at radius 3 is 2.63 bits per heavy atom. The minimum absolute atomic E-state index is 0.126. The third-order valence-corrected chi connectivity index (χ3v) is 4.04. The maximum Gasteiger partial charge on any atom is 0.573 e. The molecule has 0 atom stereocenters. The van der Waals surface area contributed by atoms with E-state index in [1.165, 1.54) is 30.5 Å². The molecule has 30 heavy (non-hydrogen) atoms. The van der Waals surface area contributed by atoms with Gasteiger partial charge < -0.3 is 20.3 Å². The molecule has 0 bridgehead atoms. The maximum atomic E-state index is 12.9. The number of aromatic amines is 1. The number of anilines is 1. The Morgan fingerprint density at radius 1 is 1.07 bits per heavy atom. The van der Waals surface area contributed by atoms with E-state index >= 15 is 0 Å². The molecule has 0 aliphatic carbocycles. The number of aromatic hydroxyl groups is 1. The van der Waals surface area contributed by atoms with E-state index in [-0.39, 0.29) is 40.8 Å². The highest BCUT2D eigenvalue weighted by Gasteiger charge is 2.32. The van der Waals surface area contributed by atoms with Crippen LogP contribution < -0.4 is 15.2 Å². The summed E-state index contributed by atoms with van der Waals surface area (Å²) in [5, 5.41) is 19.5. The Labute approximate surface area is 166 Å². The van der Waals surface area contributed by atoms with Crippen molar-refractivity contribution in [2.24, 2.45) is 0 Å². The Morgan fingerprint density at radius 2 is 1.87 bits per heavy atom. The summed E-state index contributed by atoms with van der Waals surface area (Å²) in [6.45, 7) is -0.265. The average molecular weight is 418 g/mol. The molecule has 0 fully saturated rings. The van der Waals surface area contributed by atoms with Crippen LogP contribution in [-0.2, 0) is 6.61 Å². The minimum atomic E-state index is -4.91. The number of aromatic nitrogens is 5. The fourth-order valence-electron chi connectivity index (χ4n) is 2.77. The van der Waals surface area contributed by atoms with Crippen molar-refractivity contribution in [1.29, 1.82) is 0 Å². The highest BCUT2D eigenvalue weighted by molar-refractivity contribution is 5.79. The van der Waals surface area contributed by atoms with E-state index < -0.39 is 12.1 Å². The van der Waals surface area contributed by atoms with Crippen molar-refractivity contribution < 1.29 is 27.8 Å². The first kappa shape index (κ1) is 19.2. The van der Waals surface area contributed by atoms with Crippen LogP contribution in [0.3, 0.4) is 0 Å². The van der Waals surface area contributed by atoms with Gasteiger partial charge in [-0.2, -0.15) is 0 Å². The predicted molar refractivity (Wildman–Crippen MR) is 98.4 cm³/mol. The molecule has 3 heterocycles. The molecule has 0 amide bonds. The highest BCUT2D eigenvalue weighted by atomic mass is 19.4. The topological polar surface area (TPSA) is 132 Å². The van der Waals surface area contributed by atoms with E-state index in [0.717, 1.165) is 0 Å². The first-order chi connectivity index (χ1) is 14.3. The molecule has 3 aromatic heterocycles. The van der Waals surface area contributed by atoms with Gasteiger partial charge in [-0.3, -0.25) is 0 Å². The summed E-state index contributed by atoms with van der Waals surface area (Å²) in [6, 6.07) is 8.46. The van der Waals surface area contributed by atoms with Gasteiger partial charge >= 0.3 is 6.36 Å². The van der Waals surface area contributed by atoms with Gasteiger partial charge in [0.05, 0.1) is 0 Å². The van der Waals surface area contributed by atoms with Gasteiger partial charge in [0.1, 0.15) is 18.2 Å². The van der Waals surface area contributed by atoms with E-state index in [2.05, 4.69) is 30.1 Å². The van der Waals surface area contributed by atoms with Gasteiger partial charge in [-0.1, -0.05) is 17.3 Å². The second-order valence-electron chi connectivity index (χ2n) is 6.12. The van der Waals surface area contributed by atoms with Gasteiger partial charge in [-0.25, -0.2) is 15.1 Å². The van der Waals surface area contributed by atoms with E-state index in [9.17, 15) is 18.3 Å². The number of rotatable bonds is 5. The van der Waals surface area contributed by atoms with Crippen LogP contribution in [0, 0.1) is 0 Å². The largest absolute Gasteiger partial charge is 0.573 e. The summed E-state index contributed by atoms with van der Waals surface area (Å²) in [5.41, 5.74) is 7.25. The standard InChI is InChI=1S/C18H13F3N6O3/c19-18(20,21)30-12-5-9(10-3-4-23-15(28)6-10)1-2-11(12)8-29-13-7-14(22)24-17-16(13)25-27-26-17/h1-7H,8H2,(H,23,28)(H3,22,24,25,26,27). The molecule has 0 radical (unpaired) electrons. The molecule has 154 valence electrons. The summed E-state index contributed by atoms with van der Waals surface area (Å²) in [5.74, 6) is -0.379. The predicted octanol–water partition coefficient (Wildman–Crippen LogP) is 3.18. The number of nitrogens with two attached hydrogens (primary N) is 1. The van der Waals surface area contributed by atoms with Crippen LogP contribution in [0.25, 0.3) is 22.3 Å². The molecule has 1 aromatic carbocycles. The van der Waals surface area contributed by atoms with E-state index in [4.69, 9.17) is 10.5 Å². The lowest BCUT2D eigenvalue weighted by atomic mass is 10.0. The molecule has 0 aliphatic rings. The summed E-state index contributed by atoms with van der Waals surface area (Å²) in [6.07, 6.45) is -3.57. The Bertz CT molecular complexity index is 1210. The van der Waals surface area contributed by atoms with Gasteiger partial charge in [-0.15, -0.1) is 18.3 Å². The van der Waals surface area contributed by atoms with Crippen molar-refractivity contribution >= 4 is 17.0 Å². The Hall–Kier alpha value is -4.09. The average Bonchev–Trinajstić information content (AvgIpc) is 3.14. The number of H-pyrrole nitrogens is 1. The van der Waals surface area contributed by atoms with Crippen LogP contribution in [0.1, 0.15) is 5.56 Å².